The molecule has 4 rings (SSSR count). The summed E-state index contributed by atoms with van der Waals surface area (Å²) in [6.07, 6.45) is 19.5. The summed E-state index contributed by atoms with van der Waals surface area (Å²) in [6.45, 7) is 11.6. The summed E-state index contributed by atoms with van der Waals surface area (Å²) in [5.74, 6) is 0.540. The molecule has 0 aliphatic heterocycles. The first-order chi connectivity index (χ1) is 19.9. The van der Waals surface area contributed by atoms with E-state index >= 15 is 0 Å². The number of aryl methyl sites for hydroxylation is 3. The second kappa shape index (κ2) is 19.6. The monoisotopic (exact) mass is 700 g/mol. The molecule has 0 heterocycles. The molecule has 2 atom stereocenters. The van der Waals surface area contributed by atoms with E-state index in [0.717, 1.165) is 6.42 Å². The van der Waals surface area contributed by atoms with E-state index < -0.39 is 8.07 Å². The summed E-state index contributed by atoms with van der Waals surface area (Å²) >= 11 is 2.57. The molecule has 1 aliphatic rings. The Morgan fingerprint density at radius 1 is 0.591 bits per heavy atom. The van der Waals surface area contributed by atoms with Crippen LogP contribution in [0, 0.1) is 5.92 Å². The SMILES string of the molecule is CCCCc1ccc([Si](c2ccc(CCCC)cc2)(c2ccc(CCCC)cc2)[C]2([Ti+3])C=CC=C2C(C)CC)cc1.[Cl-].[Cl-].[Cl-]. The molecule has 0 radical (unpaired) electrons. The van der Waals surface area contributed by atoms with Crippen molar-refractivity contribution in [3.05, 3.63) is 113 Å². The summed E-state index contributed by atoms with van der Waals surface area (Å²) in [7, 11) is -2.57. The molecule has 0 saturated carbocycles. The molecule has 0 spiro atoms. The number of hydrogen-bond acceptors (Lipinski definition) is 0. The van der Waals surface area contributed by atoms with Crippen molar-refractivity contribution < 1.29 is 57.7 Å². The number of rotatable bonds is 15. The first-order valence-electron chi connectivity index (χ1n) is 16.4. The first kappa shape index (κ1) is 41.0. The fraction of sp³-hybridized carbons (Fsp3) is 0.436. The van der Waals surface area contributed by atoms with Crippen molar-refractivity contribution in [2.24, 2.45) is 5.92 Å². The Kier molecular flexibility index (Phi) is 18.2. The van der Waals surface area contributed by atoms with Crippen LogP contribution in [0.3, 0.4) is 0 Å². The van der Waals surface area contributed by atoms with E-state index in [2.05, 4.69) is 146 Å². The van der Waals surface area contributed by atoms with E-state index in [1.54, 1.807) is 5.57 Å². The van der Waals surface area contributed by atoms with E-state index in [9.17, 15) is 0 Å². The van der Waals surface area contributed by atoms with Gasteiger partial charge in [0.1, 0.15) is 0 Å². The second-order valence-corrected chi connectivity index (χ2v) is 18.3. The van der Waals surface area contributed by atoms with Crippen LogP contribution in [-0.2, 0) is 39.7 Å². The molecular formula is C39H51Cl3SiTi. The van der Waals surface area contributed by atoms with Crippen molar-refractivity contribution >= 4 is 23.6 Å². The Bertz CT molecular complexity index is 1170. The van der Waals surface area contributed by atoms with Gasteiger partial charge in [-0.3, -0.25) is 0 Å². The van der Waals surface area contributed by atoms with Crippen molar-refractivity contribution in [1.82, 2.24) is 0 Å². The maximum Gasteiger partial charge on any atom is -1.00 e. The van der Waals surface area contributed by atoms with Gasteiger partial charge in [0.05, 0.1) is 0 Å². The van der Waals surface area contributed by atoms with Gasteiger partial charge in [-0.05, 0) is 0 Å². The van der Waals surface area contributed by atoms with Gasteiger partial charge in [-0.2, -0.15) is 0 Å². The molecule has 3 aromatic rings. The summed E-state index contributed by atoms with van der Waals surface area (Å²) in [5, 5.41) is 4.59. The molecule has 0 aromatic heterocycles. The number of allylic oxidation sites excluding steroid dienone is 4. The van der Waals surface area contributed by atoms with E-state index in [1.807, 2.05) is 0 Å². The molecule has 0 nitrogen and oxygen atoms in total. The van der Waals surface area contributed by atoms with Gasteiger partial charge in [-0.1, -0.05) is 0 Å². The van der Waals surface area contributed by atoms with Crippen LogP contribution in [-0.4, -0.2) is 8.07 Å². The minimum atomic E-state index is -2.57. The molecule has 44 heavy (non-hydrogen) atoms. The van der Waals surface area contributed by atoms with E-state index in [1.165, 1.54) is 90.0 Å². The topological polar surface area (TPSA) is 0 Å². The normalized spacial score (nSPS) is 16.4. The average Bonchev–Trinajstić information content (AvgIpc) is 3.42. The molecule has 2 unspecified atom stereocenters. The van der Waals surface area contributed by atoms with E-state index in [-0.39, 0.29) is 40.6 Å². The molecule has 0 bridgehead atoms. The zero-order valence-corrected chi connectivity index (χ0v) is 32.3. The van der Waals surface area contributed by atoms with E-state index in [0.29, 0.717) is 5.92 Å². The molecule has 0 fully saturated rings. The third kappa shape index (κ3) is 8.64. The zero-order chi connectivity index (χ0) is 29.3. The summed E-state index contributed by atoms with van der Waals surface area (Å²) < 4.78 is -0.0523. The van der Waals surface area contributed by atoms with Crippen LogP contribution in [0.2, 0.25) is 3.34 Å². The quantitative estimate of drug-likeness (QED) is 0.155. The Hall–Kier alpha value is -1.06. The third-order valence-electron chi connectivity index (χ3n) is 9.43. The van der Waals surface area contributed by atoms with Gasteiger partial charge >= 0.3 is 265 Å². The van der Waals surface area contributed by atoms with Crippen molar-refractivity contribution in [2.45, 2.75) is 102 Å². The molecular weight excluding hydrogens is 651 g/mol. The van der Waals surface area contributed by atoms with Crippen LogP contribution in [0.4, 0.5) is 0 Å². The standard InChI is InChI=1S/C39H51Si.3ClH.Ti/c1-6-10-14-32-19-25-35(26-20-32)40(39-18-13-17-38(39)31(5)9-4,36-27-21-33(22-28-36)15-11-7-2)37-29-23-34(24-30-37)16-12-8-3;;;;/h13,17-31H,6-12,14-16H2,1-5H3;3*1H;/q;;;;+3/p-3. The maximum atomic E-state index is 2.57. The van der Waals surface area contributed by atoms with Crippen LogP contribution in [0.15, 0.2) is 96.6 Å². The Balaban J connectivity index is 0.00000323. The first-order valence-corrected chi connectivity index (χ1v) is 19.2. The Labute approximate surface area is 300 Å². The smallest absolute Gasteiger partial charge is 1.00 e. The van der Waals surface area contributed by atoms with E-state index in [4.69, 9.17) is 0 Å². The van der Waals surface area contributed by atoms with Gasteiger partial charge in [0.15, 0.2) is 0 Å². The number of hydrogen-bond donors (Lipinski definition) is 0. The van der Waals surface area contributed by atoms with Crippen LogP contribution < -0.4 is 52.8 Å². The predicted octanol–water partition coefficient (Wildman–Crippen LogP) is -0.0164. The fourth-order valence-electron chi connectivity index (χ4n) is 6.73. The van der Waals surface area contributed by atoms with Crippen molar-refractivity contribution in [3.8, 4) is 0 Å². The van der Waals surface area contributed by atoms with Gasteiger partial charge in [0.2, 0.25) is 0 Å². The Morgan fingerprint density at radius 3 is 1.23 bits per heavy atom. The average molecular weight is 702 g/mol. The number of unbranched alkanes of at least 4 members (excludes halogenated alkanes) is 3. The summed E-state index contributed by atoms with van der Waals surface area (Å²) in [5.41, 5.74) is 6.00. The van der Waals surface area contributed by atoms with Crippen LogP contribution in [0.1, 0.15) is 96.3 Å². The zero-order valence-electron chi connectivity index (χ0n) is 27.4. The van der Waals surface area contributed by atoms with Crippen molar-refractivity contribution in [3.63, 3.8) is 0 Å². The van der Waals surface area contributed by atoms with Gasteiger partial charge < -0.3 is 37.2 Å². The summed E-state index contributed by atoms with van der Waals surface area (Å²) in [4.78, 5) is 0. The van der Waals surface area contributed by atoms with Gasteiger partial charge in [0, 0.05) is 0 Å². The largest absolute Gasteiger partial charge is 1.00 e. The third-order valence-corrected chi connectivity index (χ3v) is 17.1. The molecule has 5 heteroatoms. The fourth-order valence-corrected chi connectivity index (χ4v) is 14.9. The molecule has 0 N–H and O–H groups in total. The van der Waals surface area contributed by atoms with Gasteiger partial charge in [0.25, 0.3) is 0 Å². The Morgan fingerprint density at radius 2 is 0.932 bits per heavy atom. The van der Waals surface area contributed by atoms with Crippen LogP contribution in [0.25, 0.3) is 0 Å². The minimum absolute atomic E-state index is 0. The predicted molar refractivity (Wildman–Crippen MR) is 179 cm³/mol. The molecule has 0 saturated heterocycles. The van der Waals surface area contributed by atoms with Crippen molar-refractivity contribution in [2.75, 3.05) is 0 Å². The molecule has 3 aromatic carbocycles. The molecule has 1 aliphatic carbocycles. The number of benzene rings is 3. The number of halogens is 3. The van der Waals surface area contributed by atoms with Crippen molar-refractivity contribution in [1.29, 1.82) is 0 Å². The van der Waals surface area contributed by atoms with Crippen LogP contribution >= 0.6 is 0 Å². The summed E-state index contributed by atoms with van der Waals surface area (Å²) in [6, 6.07) is 29.7. The molecule has 236 valence electrons. The van der Waals surface area contributed by atoms with Crippen LogP contribution in [0.5, 0.6) is 0 Å². The van der Waals surface area contributed by atoms with Gasteiger partial charge in [-0.25, -0.2) is 0 Å². The molecule has 0 amide bonds. The van der Waals surface area contributed by atoms with Gasteiger partial charge in [-0.15, -0.1) is 0 Å². The minimum Gasteiger partial charge on any atom is -1.00 e. The maximum absolute atomic E-state index is 2.57. The second-order valence-electron chi connectivity index (χ2n) is 12.2.